The van der Waals surface area contributed by atoms with Crippen molar-refractivity contribution in [2.24, 2.45) is 5.73 Å². The van der Waals surface area contributed by atoms with Crippen LogP contribution in [-0.4, -0.2) is 16.0 Å². The molecule has 1 aromatic heterocycles. The van der Waals surface area contributed by atoms with Gasteiger partial charge in [-0.2, -0.15) is 10.3 Å². The lowest BCUT2D eigenvalue weighted by atomic mass is 10.0. The Morgan fingerprint density at radius 2 is 2.24 bits per heavy atom. The summed E-state index contributed by atoms with van der Waals surface area (Å²) in [4.78, 5) is 20.4. The van der Waals surface area contributed by atoms with Crippen LogP contribution in [0, 0.1) is 11.3 Å². The molecule has 2 N–H and O–H groups in total. The van der Waals surface area contributed by atoms with Crippen LogP contribution >= 0.6 is 0 Å². The van der Waals surface area contributed by atoms with Gasteiger partial charge in [0.15, 0.2) is 0 Å². The number of hydrogen-bond donors (Lipinski definition) is 1. The highest BCUT2D eigenvalue weighted by molar-refractivity contribution is 5.74. The van der Waals surface area contributed by atoms with Crippen molar-refractivity contribution in [3.8, 4) is 6.07 Å². The molecule has 0 saturated heterocycles. The number of carbonyl (C=O) groups is 1. The second-order valence-electron chi connectivity index (χ2n) is 3.51. The Bertz CT molecular complexity index is 518. The summed E-state index contributed by atoms with van der Waals surface area (Å²) in [5.41, 5.74) is 6.53. The normalized spacial score (nSPS) is 18.8. The fraction of sp³-hybridized carbons (Fsp3) is 0.182. The van der Waals surface area contributed by atoms with E-state index in [-0.39, 0.29) is 17.4 Å². The summed E-state index contributed by atoms with van der Waals surface area (Å²) in [6, 6.07) is 4.78. The first-order chi connectivity index (χ1) is 8.15. The molecule has 86 valence electrons. The van der Waals surface area contributed by atoms with Crippen LogP contribution in [0.15, 0.2) is 36.0 Å². The smallest absolute Gasteiger partial charge is 0.253 e. The van der Waals surface area contributed by atoms with Crippen LogP contribution in [0.5, 0.6) is 0 Å². The van der Waals surface area contributed by atoms with Crippen LogP contribution < -0.4 is 5.73 Å². The first-order valence-electron chi connectivity index (χ1n) is 4.92. The first kappa shape index (κ1) is 11.0. The zero-order valence-corrected chi connectivity index (χ0v) is 9.12. The second-order valence-corrected chi connectivity index (χ2v) is 3.51. The molecule has 1 aromatic rings. The van der Waals surface area contributed by atoms with Gasteiger partial charge in [-0.1, -0.05) is 0 Å². The van der Waals surface area contributed by atoms with E-state index in [9.17, 15) is 4.79 Å². The molecule has 0 saturated carbocycles. The van der Waals surface area contributed by atoms with Gasteiger partial charge in [-0.15, -0.1) is 0 Å². The lowest BCUT2D eigenvalue weighted by molar-refractivity contribution is -0.170. The third kappa shape index (κ3) is 1.78. The number of nitrogens with two attached hydrogens (primary N) is 1. The standard InChI is InChI=1S/C11H10N4O2/c1-7(16)15-10(8-2-4-14-5-3-8)9(6-12)11(13)17-15/h2-5,10H,13H2,1H3. The average Bonchev–Trinajstić information content (AvgIpc) is 2.67. The van der Waals surface area contributed by atoms with Crippen molar-refractivity contribution in [2.45, 2.75) is 13.0 Å². The van der Waals surface area contributed by atoms with E-state index in [1.54, 1.807) is 24.5 Å². The Balaban J connectivity index is 2.47. The van der Waals surface area contributed by atoms with Gasteiger partial charge in [-0.3, -0.25) is 9.78 Å². The molecule has 6 nitrogen and oxygen atoms in total. The minimum atomic E-state index is -0.597. The van der Waals surface area contributed by atoms with Crippen LogP contribution in [0.1, 0.15) is 18.5 Å². The van der Waals surface area contributed by atoms with Gasteiger partial charge in [0, 0.05) is 19.3 Å². The van der Waals surface area contributed by atoms with Crippen molar-refractivity contribution >= 4 is 5.91 Å². The van der Waals surface area contributed by atoms with Crippen molar-refractivity contribution in [3.05, 3.63) is 41.5 Å². The lowest BCUT2D eigenvalue weighted by Gasteiger charge is -2.21. The Morgan fingerprint density at radius 1 is 1.59 bits per heavy atom. The Labute approximate surface area is 97.9 Å². The maximum absolute atomic E-state index is 11.4. The molecule has 1 atom stereocenters. The fourth-order valence-electron chi connectivity index (χ4n) is 1.67. The van der Waals surface area contributed by atoms with E-state index >= 15 is 0 Å². The Kier molecular flexibility index (Phi) is 2.66. The molecule has 0 radical (unpaired) electrons. The Morgan fingerprint density at radius 3 is 2.76 bits per heavy atom. The second kappa shape index (κ2) is 4.14. The summed E-state index contributed by atoms with van der Waals surface area (Å²) >= 11 is 0. The zero-order chi connectivity index (χ0) is 12.4. The van der Waals surface area contributed by atoms with Crippen LogP contribution in [0.3, 0.4) is 0 Å². The van der Waals surface area contributed by atoms with Crippen LogP contribution in [0.2, 0.25) is 0 Å². The maximum atomic E-state index is 11.4. The molecule has 1 aliphatic heterocycles. The summed E-state index contributed by atoms with van der Waals surface area (Å²) in [6.45, 7) is 1.35. The topological polar surface area (TPSA) is 92.2 Å². The van der Waals surface area contributed by atoms with Gasteiger partial charge in [0.25, 0.3) is 5.91 Å². The van der Waals surface area contributed by atoms with Crippen LogP contribution in [0.25, 0.3) is 0 Å². The van der Waals surface area contributed by atoms with Crippen molar-refractivity contribution in [1.29, 1.82) is 5.26 Å². The molecule has 17 heavy (non-hydrogen) atoms. The summed E-state index contributed by atoms with van der Waals surface area (Å²) in [6.07, 6.45) is 3.16. The monoisotopic (exact) mass is 230 g/mol. The molecular weight excluding hydrogens is 220 g/mol. The van der Waals surface area contributed by atoms with Gasteiger partial charge in [0.2, 0.25) is 5.88 Å². The quantitative estimate of drug-likeness (QED) is 0.763. The molecule has 1 aliphatic rings. The number of amides is 1. The van der Waals surface area contributed by atoms with Crippen LogP contribution in [-0.2, 0) is 9.63 Å². The zero-order valence-electron chi connectivity index (χ0n) is 9.12. The van der Waals surface area contributed by atoms with E-state index in [1.807, 2.05) is 6.07 Å². The SMILES string of the molecule is CC(=O)N1OC(N)=C(C#N)C1c1ccncc1. The highest BCUT2D eigenvalue weighted by Crippen LogP contribution is 2.35. The lowest BCUT2D eigenvalue weighted by Crippen LogP contribution is -2.29. The maximum Gasteiger partial charge on any atom is 0.253 e. The number of pyridine rings is 1. The van der Waals surface area contributed by atoms with Gasteiger partial charge in [0.05, 0.1) is 0 Å². The van der Waals surface area contributed by atoms with Crippen molar-refractivity contribution in [2.75, 3.05) is 0 Å². The number of carbonyl (C=O) groups excluding carboxylic acids is 1. The average molecular weight is 230 g/mol. The van der Waals surface area contributed by atoms with Gasteiger partial charge in [-0.25, -0.2) is 0 Å². The number of rotatable bonds is 1. The number of aromatic nitrogens is 1. The third-order valence-corrected chi connectivity index (χ3v) is 2.42. The highest BCUT2D eigenvalue weighted by Gasteiger charge is 2.37. The molecule has 6 heteroatoms. The van der Waals surface area contributed by atoms with Crippen LogP contribution in [0.4, 0.5) is 0 Å². The molecule has 2 heterocycles. The van der Waals surface area contributed by atoms with Gasteiger partial charge >= 0.3 is 0 Å². The largest absolute Gasteiger partial charge is 0.367 e. The molecular formula is C11H10N4O2. The predicted molar refractivity (Wildman–Crippen MR) is 57.4 cm³/mol. The fourth-order valence-corrected chi connectivity index (χ4v) is 1.67. The summed E-state index contributed by atoms with van der Waals surface area (Å²) < 4.78 is 0. The third-order valence-electron chi connectivity index (χ3n) is 2.42. The summed E-state index contributed by atoms with van der Waals surface area (Å²) in [5, 5.41) is 10.1. The number of hydrogen-bond acceptors (Lipinski definition) is 5. The first-order valence-corrected chi connectivity index (χ1v) is 4.92. The summed E-state index contributed by atoms with van der Waals surface area (Å²) in [5.74, 6) is -0.357. The number of nitriles is 1. The van der Waals surface area contributed by atoms with E-state index in [1.165, 1.54) is 6.92 Å². The minimum Gasteiger partial charge on any atom is -0.367 e. The van der Waals surface area contributed by atoms with Crippen molar-refractivity contribution in [1.82, 2.24) is 10.0 Å². The molecule has 0 aromatic carbocycles. The summed E-state index contributed by atoms with van der Waals surface area (Å²) in [7, 11) is 0. The molecule has 0 spiro atoms. The highest BCUT2D eigenvalue weighted by atomic mass is 16.7. The number of nitrogens with zero attached hydrogens (tertiary/aromatic N) is 3. The van der Waals surface area contributed by atoms with E-state index in [0.29, 0.717) is 0 Å². The van der Waals surface area contributed by atoms with E-state index in [0.717, 1.165) is 10.6 Å². The van der Waals surface area contributed by atoms with Gasteiger partial charge in [-0.05, 0) is 17.7 Å². The van der Waals surface area contributed by atoms with Crippen molar-refractivity contribution in [3.63, 3.8) is 0 Å². The van der Waals surface area contributed by atoms with E-state index in [2.05, 4.69) is 4.98 Å². The van der Waals surface area contributed by atoms with Crippen molar-refractivity contribution < 1.29 is 9.63 Å². The molecule has 2 rings (SSSR count). The number of hydroxylamine groups is 2. The van der Waals surface area contributed by atoms with E-state index < -0.39 is 6.04 Å². The molecule has 0 aliphatic carbocycles. The van der Waals surface area contributed by atoms with Gasteiger partial charge in [0.1, 0.15) is 17.7 Å². The molecule has 1 unspecified atom stereocenters. The minimum absolute atomic E-state index is 0.0375. The molecule has 0 fully saturated rings. The predicted octanol–water partition coefficient (Wildman–Crippen LogP) is 0.610. The van der Waals surface area contributed by atoms with E-state index in [4.69, 9.17) is 15.8 Å². The van der Waals surface area contributed by atoms with Gasteiger partial charge < -0.3 is 10.6 Å². The molecule has 0 bridgehead atoms. The Hall–Kier alpha value is -2.55. The molecule has 1 amide bonds.